The largest absolute Gasteiger partial charge is 0.480 e. The molecule has 4 amide bonds. The van der Waals surface area contributed by atoms with Gasteiger partial charge in [0, 0.05) is 107 Å². The Hall–Kier alpha value is -9.07. The Morgan fingerprint density at radius 3 is 1.13 bits per heavy atom. The molecule has 7 atom stereocenters. The molecule has 6 aromatic carbocycles. The van der Waals surface area contributed by atoms with E-state index in [9.17, 15) is 43.8 Å². The van der Waals surface area contributed by atoms with Gasteiger partial charge in [0.15, 0.2) is 0 Å². The van der Waals surface area contributed by atoms with Crippen LogP contribution in [-0.2, 0) is 38.1 Å². The lowest BCUT2D eigenvalue weighted by Crippen LogP contribution is -2.47. The average molecular weight is 1300 g/mol. The van der Waals surface area contributed by atoms with Gasteiger partial charge in [-0.3, -0.25) is 14.5 Å². The molecule has 0 aromatic heterocycles. The maximum Gasteiger partial charge on any atom is 0.411 e. The summed E-state index contributed by atoms with van der Waals surface area (Å²) in [6.07, 6.45) is 0.364. The number of amides is 4. The number of hydrogen-bond acceptors (Lipinski definition) is 14. The van der Waals surface area contributed by atoms with Crippen molar-refractivity contribution in [1.29, 1.82) is 0 Å². The smallest absolute Gasteiger partial charge is 0.411 e. The number of hydrogen-bond donors (Lipinski definition) is 3. The lowest BCUT2D eigenvalue weighted by molar-refractivity contribution is -0.143. The summed E-state index contributed by atoms with van der Waals surface area (Å²) < 4.78 is 27.7. The monoisotopic (exact) mass is 1290 g/mol. The van der Waals surface area contributed by atoms with Gasteiger partial charge in [-0.05, 0) is 121 Å². The normalized spacial score (nSPS) is 21.8. The molecule has 3 N–H and O–H groups in total. The molecular weight excluding hydrogens is 1210 g/mol. The Bertz CT molecular complexity index is 3700. The number of ether oxygens (including phenoxy) is 5. The summed E-state index contributed by atoms with van der Waals surface area (Å²) in [7, 11) is 0. The van der Waals surface area contributed by atoms with Crippen LogP contribution in [0.5, 0.6) is 0 Å². The molecule has 500 valence electrons. The van der Waals surface area contributed by atoms with Gasteiger partial charge in [0.1, 0.15) is 42.8 Å². The van der Waals surface area contributed by atoms with Crippen LogP contribution in [0.3, 0.4) is 0 Å². The predicted octanol–water partition coefficient (Wildman–Crippen LogP) is 12.0. The van der Waals surface area contributed by atoms with Crippen LogP contribution in [0.4, 0.5) is 19.2 Å². The zero-order valence-corrected chi connectivity index (χ0v) is 55.1. The van der Waals surface area contributed by atoms with E-state index in [2.05, 4.69) is 72.8 Å². The van der Waals surface area contributed by atoms with E-state index < -0.39 is 41.5 Å². The minimum Gasteiger partial charge on any atom is -0.480 e. The number of aliphatic hydroxyl groups is 2. The van der Waals surface area contributed by atoms with Gasteiger partial charge in [0.25, 0.3) is 0 Å². The van der Waals surface area contributed by atoms with Crippen molar-refractivity contribution < 1.29 is 72.6 Å². The fraction of sp³-hybridized carbons (Fsp3) is 0.434. The molecule has 0 spiro atoms. The van der Waals surface area contributed by atoms with Crippen LogP contribution in [0.15, 0.2) is 146 Å². The van der Waals surface area contributed by atoms with Crippen LogP contribution in [0.2, 0.25) is 0 Å². The van der Waals surface area contributed by atoms with Gasteiger partial charge in [-0.25, -0.2) is 24.0 Å². The topological polar surface area (TPSA) is 239 Å². The number of fused-ring (bicyclic) bond motifs is 11. The van der Waals surface area contributed by atoms with E-state index >= 15 is 0 Å². The Morgan fingerprint density at radius 1 is 0.453 bits per heavy atom. The second kappa shape index (κ2) is 28.5. The highest BCUT2D eigenvalue weighted by Crippen LogP contribution is 2.48. The van der Waals surface area contributed by atoms with Crippen molar-refractivity contribution in [2.45, 2.75) is 109 Å². The lowest BCUT2D eigenvalue weighted by atomic mass is 9.94. The van der Waals surface area contributed by atoms with Crippen LogP contribution >= 0.6 is 0 Å². The number of Topliss-reactive ketones (excluding diaryl/α,β-unsaturated/α-hetero) is 1. The Balaban J connectivity index is 0.000000142. The van der Waals surface area contributed by atoms with Crippen LogP contribution < -0.4 is 0 Å². The summed E-state index contributed by atoms with van der Waals surface area (Å²) >= 11 is 0. The van der Waals surface area contributed by atoms with E-state index in [0.29, 0.717) is 51.4 Å². The number of carboxylic acids is 1. The van der Waals surface area contributed by atoms with Crippen molar-refractivity contribution in [3.8, 4) is 33.4 Å². The standard InChI is InChI=1S/C27H30N2O6.C27H32N2O5.C16H14O2.C6H10O2/c1-27(2,3)35-26(33)29-13-16-12-28(14-21(16)23(29)24(30)31)25(32)34-15-22-19-10-6-4-8-17(19)18-9-5-7-11-20(18)22;1-27(2,3)34-26(32)29-13-17-12-28(14-22(17)24(29)15-30)25(31)33-16-23-20-10-6-4-8-18(20)19-9-5-7-11-21(19)23;1-11(17)18-10-16-14-8-4-2-6-12(14)13-7-3-5-9-15(13)16;7-4-5-1-2-6(8)3-5/h4-11,16,21-23H,12-15H2,1-3H3,(H,30,31);4-11,17,22-24,30H,12-16H2,1-3H3;2-9,16H,10H2,1H3;5,7H,1-4H2/t16-,21-,23-;17-,22-,24+;;5-/m00.1/s1. The Morgan fingerprint density at radius 2 is 0.800 bits per heavy atom. The molecule has 4 aliphatic carbocycles. The highest BCUT2D eigenvalue weighted by Gasteiger charge is 2.55. The van der Waals surface area contributed by atoms with Crippen molar-refractivity contribution in [2.24, 2.45) is 29.6 Å². The fourth-order valence-electron chi connectivity index (χ4n) is 15.1. The second-order valence-electron chi connectivity index (χ2n) is 27.9. The molecule has 8 aliphatic rings. The zero-order chi connectivity index (χ0) is 67.5. The molecule has 5 fully saturated rings. The van der Waals surface area contributed by atoms with E-state index in [1.54, 1.807) is 35.5 Å². The predicted molar refractivity (Wildman–Crippen MR) is 355 cm³/mol. The van der Waals surface area contributed by atoms with Crippen molar-refractivity contribution in [2.75, 3.05) is 72.3 Å². The molecule has 4 heterocycles. The number of aliphatic carboxylic acids is 1. The second-order valence-corrected chi connectivity index (χ2v) is 27.9. The van der Waals surface area contributed by atoms with E-state index in [1.165, 1.54) is 56.3 Å². The molecule has 0 bridgehead atoms. The van der Waals surface area contributed by atoms with E-state index in [0.717, 1.165) is 28.7 Å². The fourth-order valence-corrected chi connectivity index (χ4v) is 15.1. The summed E-state index contributed by atoms with van der Waals surface area (Å²) in [5.41, 5.74) is 13.1. The molecule has 95 heavy (non-hydrogen) atoms. The average Bonchev–Trinajstić information content (AvgIpc) is 1.65. The zero-order valence-electron chi connectivity index (χ0n) is 55.1. The molecule has 14 rings (SSSR count). The molecule has 0 radical (unpaired) electrons. The van der Waals surface area contributed by atoms with Crippen molar-refractivity contribution in [1.82, 2.24) is 19.6 Å². The Labute approximate surface area is 554 Å². The summed E-state index contributed by atoms with van der Waals surface area (Å²) in [4.78, 5) is 91.0. The number of likely N-dealkylation sites (tertiary alicyclic amines) is 4. The maximum atomic E-state index is 13.0. The minimum absolute atomic E-state index is 0.0120. The van der Waals surface area contributed by atoms with Crippen LogP contribution in [0.1, 0.15) is 119 Å². The molecular formula is C76H86N4O15. The number of aliphatic hydroxyl groups excluding tert-OH is 2. The third kappa shape index (κ3) is 14.8. The van der Waals surface area contributed by atoms with Gasteiger partial charge in [-0.15, -0.1) is 0 Å². The van der Waals surface area contributed by atoms with Crippen molar-refractivity contribution >= 4 is 42.1 Å². The van der Waals surface area contributed by atoms with Gasteiger partial charge in [0.2, 0.25) is 0 Å². The minimum atomic E-state index is -1.09. The number of benzene rings is 6. The van der Waals surface area contributed by atoms with Crippen molar-refractivity contribution in [3.05, 3.63) is 179 Å². The molecule has 4 aliphatic heterocycles. The quantitative estimate of drug-likeness (QED) is 0.0901. The van der Waals surface area contributed by atoms with Gasteiger partial charge >= 0.3 is 36.3 Å². The van der Waals surface area contributed by atoms with Gasteiger partial charge in [-0.1, -0.05) is 146 Å². The van der Waals surface area contributed by atoms with Crippen molar-refractivity contribution in [3.63, 3.8) is 0 Å². The summed E-state index contributed by atoms with van der Waals surface area (Å²) in [5, 5.41) is 28.4. The van der Waals surface area contributed by atoms with E-state index in [1.807, 2.05) is 93.6 Å². The number of carbonyl (C=O) groups is 7. The van der Waals surface area contributed by atoms with Gasteiger partial charge in [0.05, 0.1) is 12.6 Å². The first-order valence-electron chi connectivity index (χ1n) is 33.0. The highest BCUT2D eigenvalue weighted by molar-refractivity contribution is 5.84. The number of ketones is 1. The molecule has 1 saturated carbocycles. The number of nitrogens with zero attached hydrogens (tertiary/aromatic N) is 4. The molecule has 4 saturated heterocycles. The van der Waals surface area contributed by atoms with Crippen LogP contribution in [0, 0.1) is 29.6 Å². The molecule has 19 nitrogen and oxygen atoms in total. The molecule has 0 unspecified atom stereocenters. The summed E-state index contributed by atoms with van der Waals surface area (Å²) in [6.45, 7) is 15.4. The van der Waals surface area contributed by atoms with Crippen LogP contribution in [-0.4, -0.2) is 173 Å². The summed E-state index contributed by atoms with van der Waals surface area (Å²) in [5.74, 6) is -0.954. The lowest BCUT2D eigenvalue weighted by Gasteiger charge is -2.30. The first kappa shape index (κ1) is 67.4. The third-order valence-corrected chi connectivity index (χ3v) is 19.4. The molecule has 6 aromatic rings. The first-order chi connectivity index (χ1) is 45.5. The highest BCUT2D eigenvalue weighted by atomic mass is 16.6. The number of esters is 1. The van der Waals surface area contributed by atoms with Crippen LogP contribution in [0.25, 0.3) is 33.4 Å². The van der Waals surface area contributed by atoms with Gasteiger partial charge in [-0.2, -0.15) is 0 Å². The Kier molecular flexibility index (Phi) is 20.2. The van der Waals surface area contributed by atoms with Gasteiger partial charge < -0.3 is 53.7 Å². The SMILES string of the molecule is CC(=O)OCC1c2ccccc2-c2ccccc21.CC(C)(C)OC(=O)N1C[C@@H]2CN(C(=O)OCC3c4ccccc4-c4ccccc43)C[C@@H]2[C@H]1C(=O)O.CC(C)(C)OC(=O)N1C[C@@H]2CN(C(=O)OCC3c4ccccc4-c4ccccc43)C[C@@H]2[C@H]1CO.O=C1CC[C@@H](CO)C1. The third-order valence-electron chi connectivity index (χ3n) is 19.4. The van der Waals surface area contributed by atoms with E-state index in [-0.39, 0.29) is 105 Å². The number of carboxylic acid groups (broad SMARTS) is 1. The maximum absolute atomic E-state index is 13.0. The number of carbonyl (C=O) groups excluding carboxylic acids is 6. The molecule has 19 heteroatoms. The van der Waals surface area contributed by atoms with E-state index in [4.69, 9.17) is 28.8 Å². The number of rotatable bonds is 9. The first-order valence-corrected chi connectivity index (χ1v) is 33.0. The summed E-state index contributed by atoms with van der Waals surface area (Å²) in [6, 6.07) is 48.1.